The molecule has 112 valence electrons. The fourth-order valence-corrected chi connectivity index (χ4v) is 1.59. The summed E-state index contributed by atoms with van der Waals surface area (Å²) >= 11 is 5.78. The fourth-order valence-electron chi connectivity index (χ4n) is 1.41. The van der Waals surface area contributed by atoms with Crippen molar-refractivity contribution < 1.29 is 14.3 Å². The molecule has 0 aliphatic rings. The largest absolute Gasteiger partial charge is 0.397 e. The SMILES string of the molecule is CC(C)(C)OCCOCC(=O)Nc1ccc(Cl)cc1N. The van der Waals surface area contributed by atoms with Gasteiger partial charge in [-0.1, -0.05) is 11.6 Å². The van der Waals surface area contributed by atoms with Gasteiger partial charge in [-0.15, -0.1) is 0 Å². The van der Waals surface area contributed by atoms with Crippen LogP contribution in [0.1, 0.15) is 20.8 Å². The molecule has 20 heavy (non-hydrogen) atoms. The van der Waals surface area contributed by atoms with Crippen molar-refractivity contribution in [3.8, 4) is 0 Å². The summed E-state index contributed by atoms with van der Waals surface area (Å²) in [7, 11) is 0. The maximum atomic E-state index is 11.6. The van der Waals surface area contributed by atoms with Crippen LogP contribution in [0, 0.1) is 0 Å². The second-order valence-electron chi connectivity index (χ2n) is 5.29. The Kier molecular flexibility index (Phi) is 6.26. The van der Waals surface area contributed by atoms with E-state index in [0.717, 1.165) is 0 Å². The van der Waals surface area contributed by atoms with Crippen molar-refractivity contribution in [1.82, 2.24) is 0 Å². The third-order valence-corrected chi connectivity index (χ3v) is 2.52. The Morgan fingerprint density at radius 2 is 2.05 bits per heavy atom. The summed E-state index contributed by atoms with van der Waals surface area (Å²) in [6.07, 6.45) is 0. The highest BCUT2D eigenvalue weighted by Crippen LogP contribution is 2.22. The zero-order valence-electron chi connectivity index (χ0n) is 12.0. The summed E-state index contributed by atoms with van der Waals surface area (Å²) in [6, 6.07) is 4.89. The highest BCUT2D eigenvalue weighted by atomic mass is 35.5. The molecule has 0 radical (unpaired) electrons. The van der Waals surface area contributed by atoms with E-state index in [1.165, 1.54) is 0 Å². The molecule has 5 nitrogen and oxygen atoms in total. The first-order chi connectivity index (χ1) is 9.28. The number of amides is 1. The molecule has 0 saturated heterocycles. The molecule has 0 spiro atoms. The highest BCUT2D eigenvalue weighted by Gasteiger charge is 2.10. The van der Waals surface area contributed by atoms with Crippen LogP contribution < -0.4 is 11.1 Å². The Labute approximate surface area is 124 Å². The second kappa shape index (κ2) is 7.47. The molecular weight excluding hydrogens is 280 g/mol. The van der Waals surface area contributed by atoms with E-state index >= 15 is 0 Å². The standard InChI is InChI=1S/C14H21ClN2O3/c1-14(2,3)20-7-6-19-9-13(18)17-12-5-4-10(15)8-11(12)16/h4-5,8H,6-7,9,16H2,1-3H3,(H,17,18). The van der Waals surface area contributed by atoms with E-state index in [1.807, 2.05) is 20.8 Å². The number of nitrogens with one attached hydrogen (secondary N) is 1. The van der Waals surface area contributed by atoms with Gasteiger partial charge < -0.3 is 20.5 Å². The molecule has 1 rings (SSSR count). The number of anilines is 2. The van der Waals surface area contributed by atoms with Crippen molar-refractivity contribution in [3.05, 3.63) is 23.2 Å². The molecule has 0 saturated carbocycles. The summed E-state index contributed by atoms with van der Waals surface area (Å²) in [5.74, 6) is -0.269. The quantitative estimate of drug-likeness (QED) is 0.626. The minimum Gasteiger partial charge on any atom is -0.397 e. The van der Waals surface area contributed by atoms with E-state index in [4.69, 9.17) is 26.8 Å². The van der Waals surface area contributed by atoms with Crippen molar-refractivity contribution in [2.24, 2.45) is 0 Å². The van der Waals surface area contributed by atoms with Crippen LogP contribution in [-0.2, 0) is 14.3 Å². The molecule has 1 amide bonds. The van der Waals surface area contributed by atoms with Gasteiger partial charge in [-0.25, -0.2) is 0 Å². The number of nitrogen functional groups attached to an aromatic ring is 1. The van der Waals surface area contributed by atoms with E-state index in [2.05, 4.69) is 5.32 Å². The number of halogens is 1. The normalized spacial score (nSPS) is 11.4. The summed E-state index contributed by atoms with van der Waals surface area (Å²) in [6.45, 7) is 6.64. The van der Waals surface area contributed by atoms with E-state index in [1.54, 1.807) is 18.2 Å². The zero-order valence-corrected chi connectivity index (χ0v) is 12.8. The topological polar surface area (TPSA) is 73.6 Å². The third kappa shape index (κ3) is 6.75. The first-order valence-electron chi connectivity index (χ1n) is 6.34. The Morgan fingerprint density at radius 1 is 1.35 bits per heavy atom. The number of ether oxygens (including phenoxy) is 2. The van der Waals surface area contributed by atoms with Gasteiger partial charge >= 0.3 is 0 Å². The predicted octanol–water partition coefficient (Wildman–Crippen LogP) is 2.69. The lowest BCUT2D eigenvalue weighted by molar-refractivity contribution is -0.121. The van der Waals surface area contributed by atoms with Crippen molar-refractivity contribution in [2.75, 3.05) is 30.9 Å². The first-order valence-corrected chi connectivity index (χ1v) is 6.72. The van der Waals surface area contributed by atoms with Gasteiger partial charge in [0.05, 0.1) is 30.2 Å². The van der Waals surface area contributed by atoms with Crippen LogP contribution in [0.15, 0.2) is 18.2 Å². The molecule has 0 aliphatic carbocycles. The maximum Gasteiger partial charge on any atom is 0.250 e. The van der Waals surface area contributed by atoms with E-state index in [9.17, 15) is 4.79 Å². The molecule has 1 aromatic rings. The molecule has 3 N–H and O–H groups in total. The lowest BCUT2D eigenvalue weighted by Gasteiger charge is -2.19. The Hall–Kier alpha value is -1.30. The molecular formula is C14H21ClN2O3. The zero-order chi connectivity index (χ0) is 15.2. The van der Waals surface area contributed by atoms with Gasteiger partial charge in [-0.3, -0.25) is 4.79 Å². The number of hydrogen-bond donors (Lipinski definition) is 2. The van der Waals surface area contributed by atoms with Crippen LogP contribution in [-0.4, -0.2) is 31.3 Å². The Morgan fingerprint density at radius 3 is 2.65 bits per heavy atom. The molecule has 0 heterocycles. The Balaban J connectivity index is 2.27. The second-order valence-corrected chi connectivity index (χ2v) is 5.73. The van der Waals surface area contributed by atoms with Gasteiger partial charge in [0.2, 0.25) is 5.91 Å². The first kappa shape index (κ1) is 16.8. The third-order valence-electron chi connectivity index (χ3n) is 2.28. The summed E-state index contributed by atoms with van der Waals surface area (Å²) in [5, 5.41) is 3.18. The molecule has 0 aromatic heterocycles. The van der Waals surface area contributed by atoms with Gasteiger partial charge in [0.15, 0.2) is 0 Å². The average Bonchev–Trinajstić information content (AvgIpc) is 2.31. The van der Waals surface area contributed by atoms with Crippen molar-refractivity contribution in [1.29, 1.82) is 0 Å². The number of carbonyl (C=O) groups excluding carboxylic acids is 1. The fraction of sp³-hybridized carbons (Fsp3) is 0.500. The highest BCUT2D eigenvalue weighted by molar-refractivity contribution is 6.31. The van der Waals surface area contributed by atoms with Gasteiger partial charge in [-0.2, -0.15) is 0 Å². The summed E-state index contributed by atoms with van der Waals surface area (Å²) in [4.78, 5) is 11.6. The number of nitrogens with two attached hydrogens (primary N) is 1. The maximum absolute atomic E-state index is 11.6. The van der Waals surface area contributed by atoms with Crippen LogP contribution in [0.25, 0.3) is 0 Å². The van der Waals surface area contributed by atoms with Crippen molar-refractivity contribution in [3.63, 3.8) is 0 Å². The minimum absolute atomic E-state index is 0.0461. The van der Waals surface area contributed by atoms with Crippen LogP contribution in [0.4, 0.5) is 11.4 Å². The number of rotatable bonds is 6. The number of benzene rings is 1. The number of carbonyl (C=O) groups is 1. The average molecular weight is 301 g/mol. The lowest BCUT2D eigenvalue weighted by Crippen LogP contribution is -2.24. The molecule has 6 heteroatoms. The summed E-state index contributed by atoms with van der Waals surface area (Å²) in [5.41, 5.74) is 6.47. The van der Waals surface area contributed by atoms with E-state index in [0.29, 0.717) is 29.6 Å². The molecule has 0 bridgehead atoms. The molecule has 0 fully saturated rings. The summed E-state index contributed by atoms with van der Waals surface area (Å²) < 4.78 is 10.7. The van der Waals surface area contributed by atoms with E-state index in [-0.39, 0.29) is 18.1 Å². The smallest absolute Gasteiger partial charge is 0.250 e. The van der Waals surface area contributed by atoms with Crippen LogP contribution in [0.5, 0.6) is 0 Å². The van der Waals surface area contributed by atoms with Crippen LogP contribution >= 0.6 is 11.6 Å². The van der Waals surface area contributed by atoms with Gasteiger partial charge in [0, 0.05) is 5.02 Å². The molecule has 0 atom stereocenters. The van der Waals surface area contributed by atoms with Crippen LogP contribution in [0.2, 0.25) is 5.02 Å². The van der Waals surface area contributed by atoms with Gasteiger partial charge in [-0.05, 0) is 39.0 Å². The Bertz CT molecular complexity index is 458. The minimum atomic E-state index is -0.269. The molecule has 0 aliphatic heterocycles. The monoisotopic (exact) mass is 300 g/mol. The van der Waals surface area contributed by atoms with Gasteiger partial charge in [0.1, 0.15) is 6.61 Å². The molecule has 0 unspecified atom stereocenters. The van der Waals surface area contributed by atoms with Gasteiger partial charge in [0.25, 0.3) is 0 Å². The predicted molar refractivity (Wildman–Crippen MR) is 81.0 cm³/mol. The van der Waals surface area contributed by atoms with Crippen LogP contribution in [0.3, 0.4) is 0 Å². The van der Waals surface area contributed by atoms with Crippen molar-refractivity contribution >= 4 is 28.9 Å². The lowest BCUT2D eigenvalue weighted by atomic mass is 10.2. The molecule has 1 aromatic carbocycles. The van der Waals surface area contributed by atoms with E-state index < -0.39 is 0 Å². The van der Waals surface area contributed by atoms with Crippen molar-refractivity contribution in [2.45, 2.75) is 26.4 Å². The number of hydrogen-bond acceptors (Lipinski definition) is 4.